The minimum atomic E-state index is -0.585. The van der Waals surface area contributed by atoms with Gasteiger partial charge in [0.25, 0.3) is 0 Å². The number of nitrogens with one attached hydrogen (secondary N) is 1. The molecule has 0 aliphatic carbocycles. The summed E-state index contributed by atoms with van der Waals surface area (Å²) in [5, 5.41) is 14.3. The number of fused-ring (bicyclic) bond motifs is 2. The number of rotatable bonds is 8. The lowest BCUT2D eigenvalue weighted by Crippen LogP contribution is -2.32. The van der Waals surface area contributed by atoms with Gasteiger partial charge in [-0.05, 0) is 54.4 Å². The molecule has 0 amide bonds. The summed E-state index contributed by atoms with van der Waals surface area (Å²) in [5.41, 5.74) is 3.77. The van der Waals surface area contributed by atoms with Gasteiger partial charge in [-0.15, -0.1) is 0 Å². The quantitative estimate of drug-likeness (QED) is 0.512. The van der Waals surface area contributed by atoms with Gasteiger partial charge in [0.2, 0.25) is 0 Å². The average molecular weight is 424 g/mol. The molecule has 5 heteroatoms. The number of benzene rings is 3. The number of hydrogen-bond donors (Lipinski definition) is 2. The predicted octanol–water partition coefficient (Wildman–Crippen LogP) is 4.78. The van der Waals surface area contributed by atoms with Crippen LogP contribution in [-0.2, 0) is 6.61 Å². The lowest BCUT2D eigenvalue weighted by molar-refractivity contribution is 0.106. The van der Waals surface area contributed by atoms with E-state index < -0.39 is 6.10 Å². The van der Waals surface area contributed by atoms with Crippen LogP contribution in [0.5, 0.6) is 11.5 Å². The Morgan fingerprint density at radius 1 is 1.00 bits per heavy atom. The zero-order chi connectivity index (χ0) is 20.8. The first-order valence-electron chi connectivity index (χ1n) is 10.3. The molecule has 0 bridgehead atoms. The van der Waals surface area contributed by atoms with Crippen LogP contribution in [0, 0.1) is 0 Å². The molecule has 3 aromatic rings. The molecule has 4 rings (SSSR count). The van der Waals surface area contributed by atoms with Crippen molar-refractivity contribution >= 4 is 11.6 Å². The molecule has 1 aliphatic rings. The normalized spacial score (nSPS) is 16.0. The van der Waals surface area contributed by atoms with Crippen LogP contribution in [0.4, 0.5) is 0 Å². The van der Waals surface area contributed by atoms with Gasteiger partial charge in [0.15, 0.2) is 0 Å². The van der Waals surface area contributed by atoms with Gasteiger partial charge in [0.1, 0.15) is 30.8 Å². The van der Waals surface area contributed by atoms with Crippen LogP contribution in [0.1, 0.15) is 29.0 Å². The van der Waals surface area contributed by atoms with Crippen molar-refractivity contribution in [3.63, 3.8) is 0 Å². The lowest BCUT2D eigenvalue weighted by atomic mass is 9.86. The summed E-state index contributed by atoms with van der Waals surface area (Å²) in [6.07, 6.45) is 0.333. The summed E-state index contributed by atoms with van der Waals surface area (Å²) in [6, 6.07) is 23.9. The van der Waals surface area contributed by atoms with Gasteiger partial charge in [-0.2, -0.15) is 0 Å². The second-order valence-corrected chi connectivity index (χ2v) is 7.93. The van der Waals surface area contributed by atoms with Crippen molar-refractivity contribution in [1.29, 1.82) is 0 Å². The van der Waals surface area contributed by atoms with Crippen LogP contribution in [0.3, 0.4) is 0 Å². The Hall–Kier alpha value is -2.53. The molecule has 0 radical (unpaired) electrons. The molecule has 0 spiro atoms. The van der Waals surface area contributed by atoms with Gasteiger partial charge in [-0.3, -0.25) is 0 Å². The van der Waals surface area contributed by atoms with E-state index in [9.17, 15) is 5.11 Å². The SMILES string of the molecule is OC(CNCCC1c2ccccc2COc2ccccc21)COc1ccc(Cl)cc1. The first kappa shape index (κ1) is 20.7. The van der Waals surface area contributed by atoms with Crippen LogP contribution in [0.2, 0.25) is 5.02 Å². The second kappa shape index (κ2) is 9.98. The van der Waals surface area contributed by atoms with Crippen LogP contribution in [-0.4, -0.2) is 30.9 Å². The van der Waals surface area contributed by atoms with Gasteiger partial charge in [0, 0.05) is 23.0 Å². The Morgan fingerprint density at radius 2 is 1.73 bits per heavy atom. The molecule has 2 N–H and O–H groups in total. The highest BCUT2D eigenvalue weighted by atomic mass is 35.5. The van der Waals surface area contributed by atoms with E-state index in [2.05, 4.69) is 41.7 Å². The molecular weight excluding hydrogens is 398 g/mol. The fraction of sp³-hybridized carbons (Fsp3) is 0.280. The summed E-state index contributed by atoms with van der Waals surface area (Å²) in [7, 11) is 0. The van der Waals surface area contributed by atoms with Gasteiger partial charge >= 0.3 is 0 Å². The van der Waals surface area contributed by atoms with E-state index in [0.29, 0.717) is 23.9 Å². The van der Waals surface area contributed by atoms with E-state index in [1.54, 1.807) is 24.3 Å². The van der Waals surface area contributed by atoms with Crippen molar-refractivity contribution in [2.45, 2.75) is 25.0 Å². The summed E-state index contributed by atoms with van der Waals surface area (Å²) < 4.78 is 11.7. The maximum absolute atomic E-state index is 10.2. The number of para-hydroxylation sites is 1. The summed E-state index contributed by atoms with van der Waals surface area (Å²) in [5.74, 6) is 1.91. The molecule has 1 heterocycles. The fourth-order valence-corrected chi connectivity index (χ4v) is 3.96. The zero-order valence-electron chi connectivity index (χ0n) is 16.8. The molecule has 30 heavy (non-hydrogen) atoms. The monoisotopic (exact) mass is 423 g/mol. The highest BCUT2D eigenvalue weighted by molar-refractivity contribution is 6.30. The van der Waals surface area contributed by atoms with E-state index in [-0.39, 0.29) is 12.5 Å². The first-order valence-corrected chi connectivity index (χ1v) is 10.6. The average Bonchev–Trinajstić information content (AvgIpc) is 2.93. The van der Waals surface area contributed by atoms with E-state index in [0.717, 1.165) is 18.7 Å². The van der Waals surface area contributed by atoms with Crippen molar-refractivity contribution in [3.05, 3.63) is 94.5 Å². The van der Waals surface area contributed by atoms with Gasteiger partial charge in [-0.25, -0.2) is 0 Å². The Labute approximate surface area is 182 Å². The molecule has 1 aliphatic heterocycles. The minimum Gasteiger partial charge on any atom is -0.491 e. The van der Waals surface area contributed by atoms with Crippen LogP contribution in [0.15, 0.2) is 72.8 Å². The number of aliphatic hydroxyl groups is 1. The maximum atomic E-state index is 10.2. The third-order valence-corrected chi connectivity index (χ3v) is 5.61. The van der Waals surface area contributed by atoms with E-state index in [1.807, 2.05) is 12.1 Å². The Bertz CT molecular complexity index is 913. The Balaban J connectivity index is 1.32. The molecule has 4 nitrogen and oxygen atoms in total. The summed E-state index contributed by atoms with van der Waals surface area (Å²) in [6.45, 7) is 2.08. The number of hydrogen-bond acceptors (Lipinski definition) is 4. The van der Waals surface area contributed by atoms with E-state index >= 15 is 0 Å². The number of ether oxygens (including phenoxy) is 2. The van der Waals surface area contributed by atoms with Crippen molar-refractivity contribution in [1.82, 2.24) is 5.32 Å². The number of halogens is 1. The Kier molecular flexibility index (Phi) is 6.90. The molecule has 0 saturated heterocycles. The van der Waals surface area contributed by atoms with Crippen LogP contribution >= 0.6 is 11.6 Å². The topological polar surface area (TPSA) is 50.7 Å². The molecule has 3 aromatic carbocycles. The number of aliphatic hydroxyl groups excluding tert-OH is 1. The van der Waals surface area contributed by atoms with Crippen molar-refractivity contribution in [2.24, 2.45) is 0 Å². The van der Waals surface area contributed by atoms with E-state index in [1.165, 1.54) is 16.7 Å². The van der Waals surface area contributed by atoms with Crippen LogP contribution in [0.25, 0.3) is 0 Å². The van der Waals surface area contributed by atoms with Crippen molar-refractivity contribution < 1.29 is 14.6 Å². The second-order valence-electron chi connectivity index (χ2n) is 7.49. The van der Waals surface area contributed by atoms with Gasteiger partial charge < -0.3 is 19.9 Å². The lowest BCUT2D eigenvalue weighted by Gasteiger charge is -2.20. The molecule has 0 saturated carbocycles. The molecule has 0 aromatic heterocycles. The summed E-state index contributed by atoms with van der Waals surface area (Å²) in [4.78, 5) is 0. The molecule has 0 fully saturated rings. The van der Waals surface area contributed by atoms with Gasteiger partial charge in [0.05, 0.1) is 0 Å². The maximum Gasteiger partial charge on any atom is 0.123 e. The van der Waals surface area contributed by atoms with Crippen molar-refractivity contribution in [3.8, 4) is 11.5 Å². The standard InChI is InChI=1S/C25H26ClNO3/c26-19-9-11-21(12-10-19)29-17-20(28)15-27-14-13-23-22-6-2-1-5-18(22)16-30-25-8-4-3-7-24(23)25/h1-12,20,23,27-28H,13-17H2. The highest BCUT2D eigenvalue weighted by Gasteiger charge is 2.23. The predicted molar refractivity (Wildman–Crippen MR) is 119 cm³/mol. The molecular formula is C25H26ClNO3. The van der Waals surface area contributed by atoms with Crippen LogP contribution < -0.4 is 14.8 Å². The van der Waals surface area contributed by atoms with E-state index in [4.69, 9.17) is 21.1 Å². The minimum absolute atomic E-state index is 0.234. The smallest absolute Gasteiger partial charge is 0.123 e. The molecule has 2 atom stereocenters. The highest BCUT2D eigenvalue weighted by Crippen LogP contribution is 2.38. The largest absolute Gasteiger partial charge is 0.491 e. The van der Waals surface area contributed by atoms with Gasteiger partial charge in [-0.1, -0.05) is 54.1 Å². The fourth-order valence-electron chi connectivity index (χ4n) is 3.84. The molecule has 156 valence electrons. The van der Waals surface area contributed by atoms with Crippen molar-refractivity contribution in [2.75, 3.05) is 19.7 Å². The third kappa shape index (κ3) is 5.14. The zero-order valence-corrected chi connectivity index (χ0v) is 17.5. The molecule has 2 unspecified atom stereocenters. The summed E-state index contributed by atoms with van der Waals surface area (Å²) >= 11 is 5.87. The first-order chi connectivity index (χ1) is 14.7. The Morgan fingerprint density at radius 3 is 2.57 bits per heavy atom. The third-order valence-electron chi connectivity index (χ3n) is 5.35.